The lowest BCUT2D eigenvalue weighted by Crippen LogP contribution is -2.32. The van der Waals surface area contributed by atoms with Crippen LogP contribution in [0.15, 0.2) is 23.1 Å². The van der Waals surface area contributed by atoms with Crippen molar-refractivity contribution in [2.45, 2.75) is 43.6 Å². The number of benzene rings is 1. The van der Waals surface area contributed by atoms with Crippen LogP contribution in [-0.4, -0.2) is 29.4 Å². The molecule has 0 bridgehead atoms. The summed E-state index contributed by atoms with van der Waals surface area (Å²) < 4.78 is 0. The van der Waals surface area contributed by atoms with Crippen LogP contribution >= 0.6 is 11.8 Å². The van der Waals surface area contributed by atoms with Gasteiger partial charge >= 0.3 is 0 Å². The van der Waals surface area contributed by atoms with Crippen LogP contribution in [0, 0.1) is 0 Å². The maximum absolute atomic E-state index is 11.6. The van der Waals surface area contributed by atoms with Crippen molar-refractivity contribution in [2.75, 3.05) is 12.3 Å². The number of hydrogen-bond acceptors (Lipinski definition) is 3. The molecule has 2 rings (SSSR count). The molecule has 0 radical (unpaired) electrons. The van der Waals surface area contributed by atoms with Crippen molar-refractivity contribution in [2.24, 2.45) is 0 Å². The van der Waals surface area contributed by atoms with Gasteiger partial charge in [-0.3, -0.25) is 4.79 Å². The van der Waals surface area contributed by atoms with E-state index in [2.05, 4.69) is 23.5 Å². The fraction of sp³-hybridized carbons (Fsp3) is 0.533. The first-order valence-corrected chi connectivity index (χ1v) is 7.87. The Bertz CT molecular complexity index is 448. The van der Waals surface area contributed by atoms with Gasteiger partial charge in [0.15, 0.2) is 0 Å². The van der Waals surface area contributed by atoms with Gasteiger partial charge in [0.1, 0.15) is 0 Å². The van der Waals surface area contributed by atoms with Gasteiger partial charge in [0.25, 0.3) is 0 Å². The molecule has 1 amide bonds. The van der Waals surface area contributed by atoms with Gasteiger partial charge in [-0.1, -0.05) is 13.0 Å². The summed E-state index contributed by atoms with van der Waals surface area (Å²) in [5.74, 6) is 0.396. The molecule has 1 unspecified atom stereocenters. The summed E-state index contributed by atoms with van der Waals surface area (Å²) in [5, 5.41) is 12.1. The van der Waals surface area contributed by atoms with E-state index in [9.17, 15) is 9.90 Å². The van der Waals surface area contributed by atoms with Crippen LogP contribution in [0.4, 0.5) is 0 Å². The Kier molecular flexibility index (Phi) is 5.28. The molecule has 1 aliphatic carbocycles. The predicted molar refractivity (Wildman–Crippen MR) is 78.5 cm³/mol. The molecule has 19 heavy (non-hydrogen) atoms. The van der Waals surface area contributed by atoms with Gasteiger partial charge < -0.3 is 10.4 Å². The van der Waals surface area contributed by atoms with Gasteiger partial charge in [0.05, 0.1) is 11.9 Å². The Balaban J connectivity index is 1.77. The van der Waals surface area contributed by atoms with Gasteiger partial charge in [0, 0.05) is 11.4 Å². The first kappa shape index (κ1) is 14.4. The molecule has 0 heterocycles. The van der Waals surface area contributed by atoms with Crippen LogP contribution in [0.5, 0.6) is 0 Å². The van der Waals surface area contributed by atoms with Crippen LogP contribution in [-0.2, 0) is 17.6 Å². The van der Waals surface area contributed by atoms with Gasteiger partial charge in [0.2, 0.25) is 5.91 Å². The minimum absolute atomic E-state index is 0.0157. The minimum Gasteiger partial charge on any atom is -0.391 e. The number of carbonyl (C=O) groups excluding carboxylic acids is 1. The van der Waals surface area contributed by atoms with Gasteiger partial charge in [-0.05, 0) is 48.9 Å². The standard InChI is InChI=1S/C15H21NO2S/c1-2-13(17)9-16-15(18)10-19-14-7-6-11-4-3-5-12(11)8-14/h6-8,13,17H,2-5,9-10H2,1H3,(H,16,18). The number of aryl methyl sites for hydroxylation is 2. The number of amides is 1. The van der Waals surface area contributed by atoms with Gasteiger partial charge in [-0.25, -0.2) is 0 Å². The quantitative estimate of drug-likeness (QED) is 0.785. The Morgan fingerprint density at radius 1 is 1.42 bits per heavy atom. The van der Waals surface area contributed by atoms with Crippen molar-refractivity contribution in [3.05, 3.63) is 29.3 Å². The molecular formula is C15H21NO2S. The maximum atomic E-state index is 11.6. The normalized spacial score (nSPS) is 15.1. The maximum Gasteiger partial charge on any atom is 0.230 e. The number of thioether (sulfide) groups is 1. The second-order valence-corrected chi connectivity index (χ2v) is 5.99. The van der Waals surface area contributed by atoms with E-state index in [0.717, 1.165) is 4.90 Å². The number of carbonyl (C=O) groups is 1. The van der Waals surface area contributed by atoms with Crippen LogP contribution < -0.4 is 5.32 Å². The Morgan fingerprint density at radius 3 is 3.00 bits per heavy atom. The van der Waals surface area contributed by atoms with Crippen LogP contribution in [0.25, 0.3) is 0 Å². The first-order valence-electron chi connectivity index (χ1n) is 6.88. The van der Waals surface area contributed by atoms with Crippen LogP contribution in [0.1, 0.15) is 30.9 Å². The molecule has 104 valence electrons. The molecule has 0 aliphatic heterocycles. The molecule has 0 spiro atoms. The topological polar surface area (TPSA) is 49.3 Å². The molecule has 2 N–H and O–H groups in total. The lowest BCUT2D eigenvalue weighted by Gasteiger charge is -2.09. The Hall–Kier alpha value is -1.00. The molecule has 0 fully saturated rings. The highest BCUT2D eigenvalue weighted by molar-refractivity contribution is 8.00. The second kappa shape index (κ2) is 6.96. The number of rotatable bonds is 6. The van der Waals surface area contributed by atoms with E-state index in [0.29, 0.717) is 18.7 Å². The number of nitrogens with one attached hydrogen (secondary N) is 1. The molecule has 3 nitrogen and oxygen atoms in total. The fourth-order valence-corrected chi connectivity index (χ4v) is 3.00. The highest BCUT2D eigenvalue weighted by atomic mass is 32.2. The van der Waals surface area contributed by atoms with Gasteiger partial charge in [-0.2, -0.15) is 0 Å². The van der Waals surface area contributed by atoms with Crippen molar-refractivity contribution in [3.63, 3.8) is 0 Å². The third kappa shape index (κ3) is 4.25. The number of fused-ring (bicyclic) bond motifs is 1. The molecule has 1 aromatic carbocycles. The highest BCUT2D eigenvalue weighted by Gasteiger charge is 2.11. The summed E-state index contributed by atoms with van der Waals surface area (Å²) in [6, 6.07) is 6.49. The Morgan fingerprint density at radius 2 is 2.21 bits per heavy atom. The predicted octanol–water partition coefficient (Wildman–Crippen LogP) is 2.15. The molecule has 1 atom stereocenters. The zero-order valence-electron chi connectivity index (χ0n) is 11.3. The summed E-state index contributed by atoms with van der Waals surface area (Å²) in [4.78, 5) is 12.8. The number of hydrogen-bond donors (Lipinski definition) is 2. The average Bonchev–Trinajstić information content (AvgIpc) is 2.89. The third-order valence-corrected chi connectivity index (χ3v) is 4.44. The molecule has 1 aliphatic rings. The zero-order chi connectivity index (χ0) is 13.7. The first-order chi connectivity index (χ1) is 9.19. The molecule has 0 saturated heterocycles. The number of aliphatic hydroxyl groups excluding tert-OH is 1. The summed E-state index contributed by atoms with van der Waals surface area (Å²) in [7, 11) is 0. The lowest BCUT2D eigenvalue weighted by atomic mass is 10.1. The van der Waals surface area contributed by atoms with E-state index < -0.39 is 6.10 Å². The number of aliphatic hydroxyl groups is 1. The average molecular weight is 279 g/mol. The third-order valence-electron chi connectivity index (χ3n) is 3.45. The second-order valence-electron chi connectivity index (χ2n) is 4.94. The van der Waals surface area contributed by atoms with E-state index in [1.165, 1.54) is 30.4 Å². The fourth-order valence-electron chi connectivity index (χ4n) is 2.21. The minimum atomic E-state index is -0.436. The van der Waals surface area contributed by atoms with Crippen LogP contribution in [0.2, 0.25) is 0 Å². The highest BCUT2D eigenvalue weighted by Crippen LogP contribution is 2.27. The monoisotopic (exact) mass is 279 g/mol. The molecule has 4 heteroatoms. The van der Waals surface area contributed by atoms with Crippen LogP contribution in [0.3, 0.4) is 0 Å². The summed E-state index contributed by atoms with van der Waals surface area (Å²) in [5.41, 5.74) is 2.90. The van der Waals surface area contributed by atoms with E-state index in [1.54, 1.807) is 11.8 Å². The van der Waals surface area contributed by atoms with Crippen molar-refractivity contribution in [1.29, 1.82) is 0 Å². The summed E-state index contributed by atoms with van der Waals surface area (Å²) in [6.07, 6.45) is 3.83. The van der Waals surface area contributed by atoms with Gasteiger partial charge in [-0.15, -0.1) is 11.8 Å². The van der Waals surface area contributed by atoms with Crippen molar-refractivity contribution >= 4 is 17.7 Å². The van der Waals surface area contributed by atoms with E-state index in [-0.39, 0.29) is 5.91 Å². The van der Waals surface area contributed by atoms with E-state index in [4.69, 9.17) is 0 Å². The van der Waals surface area contributed by atoms with Crippen molar-refractivity contribution in [3.8, 4) is 0 Å². The SMILES string of the molecule is CCC(O)CNC(=O)CSc1ccc2c(c1)CCC2. The summed E-state index contributed by atoms with van der Waals surface area (Å²) in [6.45, 7) is 2.25. The van der Waals surface area contributed by atoms with Crippen molar-refractivity contribution in [1.82, 2.24) is 5.32 Å². The molecule has 0 aromatic heterocycles. The molecular weight excluding hydrogens is 258 g/mol. The smallest absolute Gasteiger partial charge is 0.230 e. The van der Waals surface area contributed by atoms with Crippen molar-refractivity contribution < 1.29 is 9.90 Å². The molecule has 1 aromatic rings. The van der Waals surface area contributed by atoms with E-state index >= 15 is 0 Å². The zero-order valence-corrected chi connectivity index (χ0v) is 12.1. The largest absolute Gasteiger partial charge is 0.391 e. The lowest BCUT2D eigenvalue weighted by molar-refractivity contribution is -0.119. The Labute approximate surface area is 118 Å². The molecule has 0 saturated carbocycles. The van der Waals surface area contributed by atoms with E-state index in [1.807, 2.05) is 6.92 Å². The summed E-state index contributed by atoms with van der Waals surface area (Å²) >= 11 is 1.56.